The summed E-state index contributed by atoms with van der Waals surface area (Å²) in [5.74, 6) is 1.18. The Hall–Kier alpha value is -2.40. The van der Waals surface area contributed by atoms with Crippen LogP contribution in [0.3, 0.4) is 0 Å². The Morgan fingerprint density at radius 2 is 1.92 bits per heavy atom. The number of carbonyl (C=O) groups excluding carboxylic acids is 1. The Bertz CT molecular complexity index is 733. The Balaban J connectivity index is 1.79. The third-order valence-corrected chi connectivity index (χ3v) is 4.89. The molecule has 0 bridgehead atoms. The molecule has 1 aliphatic rings. The van der Waals surface area contributed by atoms with Crippen molar-refractivity contribution < 1.29 is 9.53 Å². The van der Waals surface area contributed by atoms with Crippen molar-refractivity contribution in [3.8, 4) is 0 Å². The van der Waals surface area contributed by atoms with Gasteiger partial charge in [0.25, 0.3) is 5.91 Å². The summed E-state index contributed by atoms with van der Waals surface area (Å²) in [6.07, 6.45) is 3.34. The molecular weight excluding hydrogens is 326 g/mol. The summed E-state index contributed by atoms with van der Waals surface area (Å²) in [4.78, 5) is 17.0. The minimum absolute atomic E-state index is 0.0289. The average Bonchev–Trinajstić information content (AvgIpc) is 2.68. The van der Waals surface area contributed by atoms with Crippen LogP contribution in [0.2, 0.25) is 0 Å². The fourth-order valence-electron chi connectivity index (χ4n) is 3.45. The lowest BCUT2D eigenvalue weighted by molar-refractivity contribution is -0.0821. The van der Waals surface area contributed by atoms with Crippen LogP contribution in [-0.2, 0) is 4.74 Å². The zero-order valence-corrected chi connectivity index (χ0v) is 15.6. The van der Waals surface area contributed by atoms with E-state index in [4.69, 9.17) is 4.74 Å². The second-order valence-electron chi connectivity index (χ2n) is 7.11. The Labute approximate surface area is 155 Å². The highest BCUT2D eigenvalue weighted by molar-refractivity contribution is 5.94. The number of amides is 1. The Kier molecular flexibility index (Phi) is 5.89. The lowest BCUT2D eigenvalue weighted by atomic mass is 9.89. The van der Waals surface area contributed by atoms with Crippen LogP contribution >= 0.6 is 0 Å². The Morgan fingerprint density at radius 1 is 1.15 bits per heavy atom. The molecular formula is C21H27N3O2. The number of pyridine rings is 1. The highest BCUT2D eigenvalue weighted by atomic mass is 16.5. The molecule has 26 heavy (non-hydrogen) atoms. The van der Waals surface area contributed by atoms with Crippen molar-refractivity contribution in [3.63, 3.8) is 0 Å². The second-order valence-corrected chi connectivity index (χ2v) is 7.11. The topological polar surface area (TPSA) is 63.2 Å². The molecule has 0 radical (unpaired) electrons. The monoisotopic (exact) mass is 353 g/mol. The van der Waals surface area contributed by atoms with Crippen molar-refractivity contribution in [2.75, 3.05) is 12.4 Å². The minimum Gasteiger partial charge on any atom is -0.373 e. The number of nitrogens with one attached hydrogen (secondary N) is 2. The molecule has 2 heterocycles. The van der Waals surface area contributed by atoms with E-state index in [1.807, 2.05) is 49.5 Å². The van der Waals surface area contributed by atoms with Crippen molar-refractivity contribution >= 4 is 11.7 Å². The summed E-state index contributed by atoms with van der Waals surface area (Å²) in [5.41, 5.74) is 1.73. The van der Waals surface area contributed by atoms with Crippen LogP contribution in [0.1, 0.15) is 48.7 Å². The van der Waals surface area contributed by atoms with E-state index in [2.05, 4.69) is 29.5 Å². The van der Waals surface area contributed by atoms with Crippen LogP contribution in [0.15, 0.2) is 48.7 Å². The predicted octanol–water partition coefficient (Wildman–Crippen LogP) is 3.80. The van der Waals surface area contributed by atoms with Crippen molar-refractivity contribution in [2.24, 2.45) is 5.92 Å². The minimum atomic E-state index is -0.0895. The predicted molar refractivity (Wildman–Crippen MR) is 103 cm³/mol. The van der Waals surface area contributed by atoms with Crippen molar-refractivity contribution in [1.82, 2.24) is 10.3 Å². The summed E-state index contributed by atoms with van der Waals surface area (Å²) in [7, 11) is 1.86. The normalized spacial score (nSPS) is 22.8. The Morgan fingerprint density at radius 3 is 2.62 bits per heavy atom. The molecule has 1 aliphatic heterocycles. The molecule has 5 heteroatoms. The van der Waals surface area contributed by atoms with Gasteiger partial charge >= 0.3 is 0 Å². The number of ether oxygens (including phenoxy) is 1. The lowest BCUT2D eigenvalue weighted by Crippen LogP contribution is -2.44. The fourth-order valence-corrected chi connectivity index (χ4v) is 3.45. The van der Waals surface area contributed by atoms with Gasteiger partial charge < -0.3 is 15.4 Å². The van der Waals surface area contributed by atoms with Gasteiger partial charge in [0.2, 0.25) is 0 Å². The van der Waals surface area contributed by atoms with Gasteiger partial charge in [-0.3, -0.25) is 4.79 Å². The highest BCUT2D eigenvalue weighted by Crippen LogP contribution is 2.36. The summed E-state index contributed by atoms with van der Waals surface area (Å²) in [5, 5.41) is 6.34. The van der Waals surface area contributed by atoms with E-state index in [1.54, 1.807) is 6.20 Å². The van der Waals surface area contributed by atoms with Crippen LogP contribution in [0.4, 0.5) is 5.82 Å². The van der Waals surface area contributed by atoms with Gasteiger partial charge in [0.05, 0.1) is 12.2 Å². The van der Waals surface area contributed by atoms with E-state index in [0.717, 1.165) is 24.2 Å². The van der Waals surface area contributed by atoms with Crippen LogP contribution in [0.5, 0.6) is 0 Å². The van der Waals surface area contributed by atoms with Gasteiger partial charge in [-0.2, -0.15) is 0 Å². The van der Waals surface area contributed by atoms with E-state index < -0.39 is 0 Å². The summed E-state index contributed by atoms with van der Waals surface area (Å²) in [6, 6.07) is 13.4. The van der Waals surface area contributed by atoms with Gasteiger partial charge in [-0.15, -0.1) is 0 Å². The molecule has 3 atom stereocenters. The zero-order chi connectivity index (χ0) is 18.5. The van der Waals surface area contributed by atoms with Crippen molar-refractivity contribution in [1.29, 1.82) is 0 Å². The molecule has 1 fully saturated rings. The molecule has 0 spiro atoms. The smallest absolute Gasteiger partial charge is 0.251 e. The number of benzene rings is 1. The number of nitrogens with zero attached hydrogens (tertiary/aromatic N) is 1. The molecule has 138 valence electrons. The van der Waals surface area contributed by atoms with Gasteiger partial charge in [-0.1, -0.05) is 38.1 Å². The quantitative estimate of drug-likeness (QED) is 0.858. The first-order valence-electron chi connectivity index (χ1n) is 9.22. The molecule has 3 rings (SSSR count). The van der Waals surface area contributed by atoms with Crippen LogP contribution < -0.4 is 10.6 Å². The van der Waals surface area contributed by atoms with Gasteiger partial charge in [-0.05, 0) is 37.0 Å². The largest absolute Gasteiger partial charge is 0.373 e. The van der Waals surface area contributed by atoms with Crippen molar-refractivity contribution in [3.05, 3.63) is 59.8 Å². The molecule has 0 unspecified atom stereocenters. The van der Waals surface area contributed by atoms with Gasteiger partial charge in [0, 0.05) is 30.4 Å². The SMILES string of the molecule is CNc1ncccc1[C@H]1C[C@@H](NC(=O)c2ccccc2)C[C@@H](C(C)C)O1. The van der Waals surface area contributed by atoms with Crippen LogP contribution in [0.25, 0.3) is 0 Å². The first-order valence-corrected chi connectivity index (χ1v) is 9.22. The molecule has 1 saturated heterocycles. The fraction of sp³-hybridized carbons (Fsp3) is 0.429. The van der Waals surface area contributed by atoms with Gasteiger partial charge in [0.1, 0.15) is 5.82 Å². The van der Waals surface area contributed by atoms with E-state index in [-0.39, 0.29) is 24.2 Å². The summed E-state index contributed by atoms with van der Waals surface area (Å²) >= 11 is 0. The molecule has 0 saturated carbocycles. The molecule has 5 nitrogen and oxygen atoms in total. The lowest BCUT2D eigenvalue weighted by Gasteiger charge is -2.38. The molecule has 1 aromatic carbocycles. The zero-order valence-electron chi connectivity index (χ0n) is 15.6. The van der Waals surface area contributed by atoms with E-state index >= 15 is 0 Å². The maximum atomic E-state index is 12.6. The summed E-state index contributed by atoms with van der Waals surface area (Å²) in [6.45, 7) is 4.32. The third-order valence-electron chi connectivity index (χ3n) is 4.89. The first-order chi connectivity index (χ1) is 12.6. The van der Waals surface area contributed by atoms with E-state index in [0.29, 0.717) is 11.5 Å². The number of rotatable bonds is 5. The summed E-state index contributed by atoms with van der Waals surface area (Å²) < 4.78 is 6.36. The number of carbonyl (C=O) groups is 1. The maximum absolute atomic E-state index is 12.6. The molecule has 2 aromatic rings. The second kappa shape index (κ2) is 8.32. The number of hydrogen-bond acceptors (Lipinski definition) is 4. The van der Waals surface area contributed by atoms with Crippen LogP contribution in [-0.4, -0.2) is 30.1 Å². The van der Waals surface area contributed by atoms with Crippen molar-refractivity contribution in [2.45, 2.75) is 44.9 Å². The molecule has 1 aromatic heterocycles. The molecule has 2 N–H and O–H groups in total. The first kappa shape index (κ1) is 18.4. The molecule has 0 aliphatic carbocycles. The maximum Gasteiger partial charge on any atom is 0.251 e. The standard InChI is InChI=1S/C21H27N3O2/c1-14(2)18-12-16(24-21(25)15-8-5-4-6-9-15)13-19(26-18)17-10-7-11-23-20(17)22-3/h4-11,14,16,18-19H,12-13H2,1-3H3,(H,22,23)(H,24,25)/t16-,18-,19+/m0/s1. The number of aromatic nitrogens is 1. The molecule has 1 amide bonds. The number of hydrogen-bond donors (Lipinski definition) is 2. The number of anilines is 1. The van der Waals surface area contributed by atoms with Crippen LogP contribution in [0, 0.1) is 5.92 Å². The third kappa shape index (κ3) is 4.22. The van der Waals surface area contributed by atoms with E-state index in [9.17, 15) is 4.79 Å². The van der Waals surface area contributed by atoms with Gasteiger partial charge in [-0.25, -0.2) is 4.98 Å². The highest BCUT2D eigenvalue weighted by Gasteiger charge is 2.34. The average molecular weight is 353 g/mol. The van der Waals surface area contributed by atoms with E-state index in [1.165, 1.54) is 0 Å². The van der Waals surface area contributed by atoms with Gasteiger partial charge in [0.15, 0.2) is 0 Å².